The highest BCUT2D eigenvalue weighted by molar-refractivity contribution is 7.92. The summed E-state index contributed by atoms with van der Waals surface area (Å²) in [5, 5.41) is 3.45. The Labute approximate surface area is 238 Å². The molecule has 0 unspecified atom stereocenters. The third kappa shape index (κ3) is 8.17. The Morgan fingerprint density at radius 3 is 2.26 bits per heavy atom. The fourth-order valence-electron chi connectivity index (χ4n) is 3.80. The van der Waals surface area contributed by atoms with Crippen molar-refractivity contribution in [3.8, 4) is 0 Å². The molecule has 0 aromatic heterocycles. The van der Waals surface area contributed by atoms with Crippen molar-refractivity contribution >= 4 is 50.7 Å². The minimum absolute atomic E-state index is 0.0359. The maximum atomic E-state index is 13.8. The highest BCUT2D eigenvalue weighted by Gasteiger charge is 2.32. The zero-order valence-corrected chi connectivity index (χ0v) is 23.9. The molecule has 0 saturated heterocycles. The summed E-state index contributed by atoms with van der Waals surface area (Å²) < 4.78 is 41.9. The topological polar surface area (TPSA) is 86.8 Å². The van der Waals surface area contributed by atoms with Crippen LogP contribution in [0.15, 0.2) is 77.7 Å². The largest absolute Gasteiger partial charge is 0.354 e. The summed E-state index contributed by atoms with van der Waals surface area (Å²) in [4.78, 5) is 27.9. The molecule has 0 aliphatic heterocycles. The fourth-order valence-corrected chi connectivity index (χ4v) is 5.52. The number of rotatable bonds is 12. The maximum absolute atomic E-state index is 13.8. The van der Waals surface area contributed by atoms with Gasteiger partial charge in [0, 0.05) is 23.1 Å². The van der Waals surface area contributed by atoms with Gasteiger partial charge in [0.05, 0.1) is 10.6 Å². The lowest BCUT2D eigenvalue weighted by Gasteiger charge is -2.32. The van der Waals surface area contributed by atoms with Gasteiger partial charge in [-0.2, -0.15) is 0 Å². The van der Waals surface area contributed by atoms with Gasteiger partial charge in [0.1, 0.15) is 18.4 Å². The molecule has 1 N–H and O–H groups in total. The zero-order chi connectivity index (χ0) is 28.6. The van der Waals surface area contributed by atoms with Crippen LogP contribution in [0.2, 0.25) is 10.0 Å². The first kappa shape index (κ1) is 30.4. The van der Waals surface area contributed by atoms with E-state index in [2.05, 4.69) is 5.32 Å². The van der Waals surface area contributed by atoms with Crippen molar-refractivity contribution in [2.24, 2.45) is 0 Å². The van der Waals surface area contributed by atoms with E-state index in [1.165, 1.54) is 65.6 Å². The number of hydrogen-bond donors (Lipinski definition) is 1. The lowest BCUT2D eigenvalue weighted by Crippen LogP contribution is -2.51. The Morgan fingerprint density at radius 2 is 1.64 bits per heavy atom. The number of nitrogens with one attached hydrogen (secondary N) is 1. The molecule has 39 heavy (non-hydrogen) atoms. The molecule has 1 atom stereocenters. The molecule has 208 valence electrons. The van der Waals surface area contributed by atoms with Crippen LogP contribution in [0.5, 0.6) is 0 Å². The highest BCUT2D eigenvalue weighted by Crippen LogP contribution is 2.27. The lowest BCUT2D eigenvalue weighted by atomic mass is 10.1. The molecule has 0 spiro atoms. The third-order valence-electron chi connectivity index (χ3n) is 6.04. The van der Waals surface area contributed by atoms with E-state index in [4.69, 9.17) is 23.2 Å². The van der Waals surface area contributed by atoms with Crippen molar-refractivity contribution in [3.63, 3.8) is 0 Å². The first-order chi connectivity index (χ1) is 18.5. The van der Waals surface area contributed by atoms with E-state index in [1.807, 2.05) is 6.92 Å². The van der Waals surface area contributed by atoms with Gasteiger partial charge in [-0.25, -0.2) is 12.8 Å². The van der Waals surface area contributed by atoms with Gasteiger partial charge in [-0.1, -0.05) is 54.7 Å². The number of unbranched alkanes of at least 4 members (excludes halogenated alkanes) is 1. The maximum Gasteiger partial charge on any atom is 0.264 e. The minimum Gasteiger partial charge on any atom is -0.354 e. The molecule has 0 aliphatic rings. The third-order valence-corrected chi connectivity index (χ3v) is 8.31. The average molecular weight is 595 g/mol. The summed E-state index contributed by atoms with van der Waals surface area (Å²) in [6.07, 6.45) is 1.65. The summed E-state index contributed by atoms with van der Waals surface area (Å²) in [5.41, 5.74) is 0.750. The molecule has 3 rings (SSSR count). The molecular weight excluding hydrogens is 564 g/mol. The number of benzene rings is 3. The first-order valence-electron chi connectivity index (χ1n) is 12.4. The second-order valence-corrected chi connectivity index (χ2v) is 11.6. The second kappa shape index (κ2) is 13.8. The summed E-state index contributed by atoms with van der Waals surface area (Å²) in [6, 6.07) is 16.3. The molecule has 0 fully saturated rings. The van der Waals surface area contributed by atoms with Crippen LogP contribution >= 0.6 is 23.2 Å². The molecule has 11 heteroatoms. The molecule has 2 amide bonds. The summed E-state index contributed by atoms with van der Waals surface area (Å²) >= 11 is 12.1. The van der Waals surface area contributed by atoms with Crippen molar-refractivity contribution < 1.29 is 22.4 Å². The fraction of sp³-hybridized carbons (Fsp3) is 0.286. The molecule has 0 aliphatic carbocycles. The van der Waals surface area contributed by atoms with Crippen LogP contribution in [-0.4, -0.2) is 44.3 Å². The van der Waals surface area contributed by atoms with Gasteiger partial charge in [-0.05, 0) is 73.5 Å². The minimum atomic E-state index is -4.24. The molecule has 7 nitrogen and oxygen atoms in total. The Bertz CT molecular complexity index is 1390. The van der Waals surface area contributed by atoms with Crippen molar-refractivity contribution in [1.29, 1.82) is 0 Å². The summed E-state index contributed by atoms with van der Waals surface area (Å²) in [5.74, 6) is -1.45. The van der Waals surface area contributed by atoms with Crippen molar-refractivity contribution in [3.05, 3.63) is 94.2 Å². The van der Waals surface area contributed by atoms with E-state index in [9.17, 15) is 22.4 Å². The average Bonchev–Trinajstić information content (AvgIpc) is 2.91. The van der Waals surface area contributed by atoms with Crippen molar-refractivity contribution in [2.75, 3.05) is 17.4 Å². The standard InChI is InChI=1S/C28H30Cl2FN3O4S/c1-3-4-16-32-28(36)20(2)33(18-21-8-12-24(31)13-9-21)27(35)19-34(25-7-5-6-23(30)17-25)39(37,38)26-14-10-22(29)11-15-26/h5-15,17,20H,3-4,16,18-19H2,1-2H3,(H,32,36)/t20-/m0/s1. The second-order valence-electron chi connectivity index (χ2n) is 8.91. The number of sulfonamides is 1. The van der Waals surface area contributed by atoms with Crippen LogP contribution in [0, 0.1) is 5.82 Å². The van der Waals surface area contributed by atoms with Gasteiger partial charge in [0.2, 0.25) is 11.8 Å². The Balaban J connectivity index is 1.99. The predicted octanol–water partition coefficient (Wildman–Crippen LogP) is 5.66. The van der Waals surface area contributed by atoms with E-state index in [-0.39, 0.29) is 28.1 Å². The Kier molecular flexibility index (Phi) is 10.7. The lowest BCUT2D eigenvalue weighted by molar-refractivity contribution is -0.139. The summed E-state index contributed by atoms with van der Waals surface area (Å²) in [6.45, 7) is 3.36. The van der Waals surface area contributed by atoms with E-state index in [0.29, 0.717) is 17.1 Å². The predicted molar refractivity (Wildman–Crippen MR) is 152 cm³/mol. The van der Waals surface area contributed by atoms with Gasteiger partial charge in [0.15, 0.2) is 0 Å². The molecule has 0 saturated carbocycles. The Morgan fingerprint density at radius 1 is 0.974 bits per heavy atom. The van der Waals surface area contributed by atoms with Crippen LogP contribution in [0.4, 0.5) is 10.1 Å². The number of carbonyl (C=O) groups is 2. The zero-order valence-electron chi connectivity index (χ0n) is 21.6. The first-order valence-corrected chi connectivity index (χ1v) is 14.6. The summed E-state index contributed by atoms with van der Waals surface area (Å²) in [7, 11) is -4.24. The normalized spacial score (nSPS) is 12.0. The number of anilines is 1. The van der Waals surface area contributed by atoms with E-state index in [0.717, 1.165) is 17.1 Å². The molecular formula is C28H30Cl2FN3O4S. The van der Waals surface area contributed by atoms with Crippen LogP contribution in [-0.2, 0) is 26.2 Å². The van der Waals surface area contributed by atoms with Crippen LogP contribution in [0.1, 0.15) is 32.3 Å². The number of hydrogen-bond acceptors (Lipinski definition) is 4. The highest BCUT2D eigenvalue weighted by atomic mass is 35.5. The number of amides is 2. The van der Waals surface area contributed by atoms with Gasteiger partial charge in [0.25, 0.3) is 10.0 Å². The monoisotopic (exact) mass is 593 g/mol. The molecule has 3 aromatic rings. The van der Waals surface area contributed by atoms with E-state index < -0.39 is 34.3 Å². The molecule has 0 heterocycles. The smallest absolute Gasteiger partial charge is 0.264 e. The quantitative estimate of drug-likeness (QED) is 0.274. The molecule has 0 bridgehead atoms. The van der Waals surface area contributed by atoms with Gasteiger partial charge < -0.3 is 10.2 Å². The molecule has 3 aromatic carbocycles. The van der Waals surface area contributed by atoms with Crippen molar-refractivity contribution in [2.45, 2.75) is 44.2 Å². The van der Waals surface area contributed by atoms with Crippen LogP contribution in [0.25, 0.3) is 0 Å². The van der Waals surface area contributed by atoms with E-state index >= 15 is 0 Å². The van der Waals surface area contributed by atoms with Crippen molar-refractivity contribution in [1.82, 2.24) is 10.2 Å². The number of nitrogens with zero attached hydrogens (tertiary/aromatic N) is 2. The van der Waals surface area contributed by atoms with Crippen LogP contribution in [0.3, 0.4) is 0 Å². The van der Waals surface area contributed by atoms with Gasteiger partial charge >= 0.3 is 0 Å². The SMILES string of the molecule is CCCCNC(=O)[C@H](C)N(Cc1ccc(F)cc1)C(=O)CN(c1cccc(Cl)c1)S(=O)(=O)c1ccc(Cl)cc1. The Hall–Kier alpha value is -3.14. The number of halogens is 3. The number of carbonyl (C=O) groups excluding carboxylic acids is 2. The van der Waals surface area contributed by atoms with E-state index in [1.54, 1.807) is 19.1 Å². The molecule has 0 radical (unpaired) electrons. The van der Waals surface area contributed by atoms with Gasteiger partial charge in [-0.15, -0.1) is 0 Å². The van der Waals surface area contributed by atoms with Crippen LogP contribution < -0.4 is 9.62 Å². The van der Waals surface area contributed by atoms with Gasteiger partial charge in [-0.3, -0.25) is 13.9 Å².